The fraction of sp³-hybridized carbons (Fsp3) is 0.757. The number of hydrogen-bond donors (Lipinski definition) is 5. The molecular formula is C37H54O16. The van der Waals surface area contributed by atoms with Crippen LogP contribution in [0.25, 0.3) is 0 Å². The third kappa shape index (κ3) is 8.50. The zero-order valence-electron chi connectivity index (χ0n) is 31.0. The van der Waals surface area contributed by atoms with E-state index in [4.69, 9.17) is 37.9 Å². The second-order valence-corrected chi connectivity index (χ2v) is 15.3. The molecule has 4 fully saturated rings. The van der Waals surface area contributed by atoms with Gasteiger partial charge in [-0.05, 0) is 68.7 Å². The Morgan fingerprint density at radius 3 is 2.15 bits per heavy atom. The summed E-state index contributed by atoms with van der Waals surface area (Å²) < 4.78 is 46.0. The van der Waals surface area contributed by atoms with Crippen LogP contribution in [0.4, 0.5) is 0 Å². The Kier molecular flexibility index (Phi) is 13.1. The van der Waals surface area contributed by atoms with Gasteiger partial charge in [0.1, 0.15) is 35.8 Å². The van der Waals surface area contributed by atoms with Gasteiger partial charge >= 0.3 is 17.9 Å². The summed E-state index contributed by atoms with van der Waals surface area (Å²) in [5.41, 5.74) is -2.61. The Balaban J connectivity index is 1.41. The van der Waals surface area contributed by atoms with Gasteiger partial charge in [-0.1, -0.05) is 20.8 Å². The number of ether oxygens (including phenoxy) is 8. The van der Waals surface area contributed by atoms with Gasteiger partial charge in [0.25, 0.3) is 0 Å². The summed E-state index contributed by atoms with van der Waals surface area (Å²) in [6.07, 6.45) is -12.5. The molecule has 14 atom stereocenters. The largest absolute Gasteiger partial charge is 0.497 e. The highest BCUT2D eigenvalue weighted by Crippen LogP contribution is 2.61. The second-order valence-electron chi connectivity index (χ2n) is 15.3. The first kappa shape index (κ1) is 41.2. The molecular weight excluding hydrogens is 700 g/mol. The monoisotopic (exact) mass is 754 g/mol. The van der Waals surface area contributed by atoms with Crippen molar-refractivity contribution in [3.8, 4) is 5.75 Å². The Morgan fingerprint density at radius 1 is 0.887 bits per heavy atom. The molecule has 0 radical (unpaired) electrons. The standard InChI is InChI=1S/C37H54O16/c1-18(2)15-47-32(43)19(3)37(45)27(14-22-13-23(39)11-12-36(22,37)5)51-35-31(50-20(4)38)29(26(41)17-49-35)53-34-30(28(42)25(40)16-48-34)52-33(44)21-7-9-24(46-6)10-8-21/h7-10,18-19,22-23,25-31,34-35,39-42,45H,11-17H2,1-6H3/t19-,22-,23+,25-,26-,27+,28+,29-,30-,31+,34+,35-,36+,37-/m1/s1. The first-order valence-electron chi connectivity index (χ1n) is 18.2. The van der Waals surface area contributed by atoms with E-state index >= 15 is 0 Å². The summed E-state index contributed by atoms with van der Waals surface area (Å²) in [4.78, 5) is 39.0. The van der Waals surface area contributed by atoms with Crippen LogP contribution in [0.3, 0.4) is 0 Å². The van der Waals surface area contributed by atoms with Gasteiger partial charge in [0.2, 0.25) is 0 Å². The predicted octanol–water partition coefficient (Wildman–Crippen LogP) is 0.855. The van der Waals surface area contributed by atoms with Crippen LogP contribution < -0.4 is 4.74 Å². The van der Waals surface area contributed by atoms with Crippen LogP contribution in [0.1, 0.15) is 70.7 Å². The highest BCUT2D eigenvalue weighted by molar-refractivity contribution is 5.89. The van der Waals surface area contributed by atoms with E-state index < -0.39 is 109 Å². The molecule has 2 aliphatic heterocycles. The number of carbonyl (C=O) groups excluding carboxylic acids is 3. The van der Waals surface area contributed by atoms with Crippen LogP contribution in [0.2, 0.25) is 0 Å². The van der Waals surface area contributed by atoms with Gasteiger partial charge in [0.15, 0.2) is 24.8 Å². The van der Waals surface area contributed by atoms with Crippen molar-refractivity contribution in [2.75, 3.05) is 26.9 Å². The average molecular weight is 755 g/mol. The second kappa shape index (κ2) is 16.8. The number of rotatable bonds is 12. The average Bonchev–Trinajstić information content (AvgIpc) is 3.34. The fourth-order valence-corrected chi connectivity index (χ4v) is 8.15. The lowest BCUT2D eigenvalue weighted by Gasteiger charge is -2.50. The molecule has 2 saturated heterocycles. The Bertz CT molecular complexity index is 1420. The van der Waals surface area contributed by atoms with E-state index in [0.717, 1.165) is 6.92 Å². The molecule has 16 heteroatoms. The maximum Gasteiger partial charge on any atom is 0.338 e. The van der Waals surface area contributed by atoms with E-state index in [-0.39, 0.29) is 30.4 Å². The molecule has 0 bridgehead atoms. The van der Waals surface area contributed by atoms with Crippen LogP contribution in [-0.4, -0.2) is 137 Å². The van der Waals surface area contributed by atoms with Crippen LogP contribution in [0, 0.1) is 23.2 Å². The van der Waals surface area contributed by atoms with E-state index in [1.165, 1.54) is 31.4 Å². The van der Waals surface area contributed by atoms with Crippen molar-refractivity contribution >= 4 is 17.9 Å². The quantitative estimate of drug-likeness (QED) is 0.147. The first-order valence-corrected chi connectivity index (χ1v) is 18.2. The Hall–Kier alpha value is -2.93. The van der Waals surface area contributed by atoms with Crippen LogP contribution >= 0.6 is 0 Å². The minimum absolute atomic E-state index is 0.0520. The summed E-state index contributed by atoms with van der Waals surface area (Å²) in [6, 6.07) is 5.95. The molecule has 4 aliphatic rings. The molecule has 2 heterocycles. The number of hydrogen-bond acceptors (Lipinski definition) is 16. The van der Waals surface area contributed by atoms with Crippen LogP contribution in [-0.2, 0) is 42.7 Å². The number of carbonyl (C=O) groups is 3. The van der Waals surface area contributed by atoms with Gasteiger partial charge in [-0.3, -0.25) is 9.59 Å². The molecule has 0 unspecified atom stereocenters. The predicted molar refractivity (Wildman–Crippen MR) is 181 cm³/mol. The molecule has 0 aromatic heterocycles. The van der Waals surface area contributed by atoms with Gasteiger partial charge in [0.05, 0.1) is 50.6 Å². The number of aliphatic hydroxyl groups is 5. The van der Waals surface area contributed by atoms with E-state index in [2.05, 4.69) is 0 Å². The Morgan fingerprint density at radius 2 is 1.53 bits per heavy atom. The third-order valence-electron chi connectivity index (χ3n) is 11.2. The van der Waals surface area contributed by atoms with Gasteiger partial charge in [-0.2, -0.15) is 0 Å². The van der Waals surface area contributed by atoms with Crippen molar-refractivity contribution < 1.29 is 77.8 Å². The van der Waals surface area contributed by atoms with E-state index in [0.29, 0.717) is 25.0 Å². The number of aliphatic hydroxyl groups excluding tert-OH is 4. The zero-order valence-corrected chi connectivity index (χ0v) is 31.0. The molecule has 5 rings (SSSR count). The molecule has 0 amide bonds. The van der Waals surface area contributed by atoms with Gasteiger partial charge < -0.3 is 63.4 Å². The lowest BCUT2D eigenvalue weighted by atomic mass is 9.59. The molecule has 0 spiro atoms. The summed E-state index contributed by atoms with van der Waals surface area (Å²) >= 11 is 0. The highest BCUT2D eigenvalue weighted by Gasteiger charge is 2.68. The molecule has 1 aromatic rings. The Labute approximate surface area is 308 Å². The van der Waals surface area contributed by atoms with Gasteiger partial charge in [0, 0.05) is 12.3 Å². The number of benzene rings is 1. The molecule has 2 aliphatic carbocycles. The van der Waals surface area contributed by atoms with Crippen molar-refractivity contribution in [2.45, 2.75) is 127 Å². The van der Waals surface area contributed by atoms with Crippen LogP contribution in [0.5, 0.6) is 5.75 Å². The van der Waals surface area contributed by atoms with Crippen molar-refractivity contribution in [2.24, 2.45) is 23.2 Å². The number of methoxy groups -OCH3 is 1. The lowest BCUT2D eigenvalue weighted by Crippen LogP contribution is -2.64. The minimum Gasteiger partial charge on any atom is -0.497 e. The van der Waals surface area contributed by atoms with E-state index in [9.17, 15) is 39.9 Å². The summed E-state index contributed by atoms with van der Waals surface area (Å²) in [6.45, 7) is 7.67. The summed E-state index contributed by atoms with van der Waals surface area (Å²) in [5.74, 6) is -3.09. The van der Waals surface area contributed by atoms with Gasteiger partial charge in [-0.25, -0.2) is 4.79 Å². The molecule has 2 saturated carbocycles. The molecule has 53 heavy (non-hydrogen) atoms. The highest BCUT2D eigenvalue weighted by atomic mass is 16.8. The summed E-state index contributed by atoms with van der Waals surface area (Å²) in [7, 11) is 1.47. The van der Waals surface area contributed by atoms with Crippen LogP contribution in [0.15, 0.2) is 24.3 Å². The zero-order chi connectivity index (χ0) is 38.8. The number of fused-ring (bicyclic) bond motifs is 1. The maximum absolute atomic E-state index is 13.4. The smallest absolute Gasteiger partial charge is 0.338 e. The van der Waals surface area contributed by atoms with Crippen molar-refractivity contribution in [3.63, 3.8) is 0 Å². The topological polar surface area (TPSA) is 226 Å². The minimum atomic E-state index is -1.82. The molecule has 1 aromatic carbocycles. The molecule has 298 valence electrons. The maximum atomic E-state index is 13.4. The van der Waals surface area contributed by atoms with Crippen molar-refractivity contribution in [1.82, 2.24) is 0 Å². The summed E-state index contributed by atoms with van der Waals surface area (Å²) in [5, 5.41) is 55.7. The van der Waals surface area contributed by atoms with Gasteiger partial charge in [-0.15, -0.1) is 0 Å². The lowest BCUT2D eigenvalue weighted by molar-refractivity contribution is -0.345. The normalized spacial score (nSPS) is 39.1. The van der Waals surface area contributed by atoms with E-state index in [1.54, 1.807) is 6.92 Å². The molecule has 16 nitrogen and oxygen atoms in total. The third-order valence-corrected chi connectivity index (χ3v) is 11.2. The molecule has 5 N–H and O–H groups in total. The van der Waals surface area contributed by atoms with Crippen molar-refractivity contribution in [1.29, 1.82) is 0 Å². The fourth-order valence-electron chi connectivity index (χ4n) is 8.15. The van der Waals surface area contributed by atoms with Crippen molar-refractivity contribution in [3.05, 3.63) is 29.8 Å². The SMILES string of the molecule is COc1ccc(C(=O)O[C@H]2[C@H](O[C@H]3[C@H](OC(C)=O)[C@@H](O[C@H]4C[C@H]5C[C@@H](O)CC[C@]5(C)[C@@]4(O)[C@H](C)C(=O)OCC(C)C)OC[C@H]3O)OC[C@@H](O)[C@@H]2O)cc1. The first-order chi connectivity index (χ1) is 25.0. The van der Waals surface area contributed by atoms with E-state index in [1.807, 2.05) is 20.8 Å². The number of esters is 3.